The molecular weight excluding hydrogens is 434 g/mol. The van der Waals surface area contributed by atoms with E-state index in [1.54, 1.807) is 0 Å². The van der Waals surface area contributed by atoms with E-state index in [1.165, 1.54) is 61.0 Å². The SMILES string of the molecule is Cc1ccc(-c2ccc(CO[C@H]3CC[C@H](N4CCCCC4)[C@H]3CCC=CCCC(=O)O)cc2)cc1. The Kier molecular flexibility index (Phi) is 9.56. The van der Waals surface area contributed by atoms with E-state index in [1.807, 2.05) is 6.08 Å². The number of allylic oxidation sites excluding steroid dienone is 2. The Bertz CT molecular complexity index is 944. The van der Waals surface area contributed by atoms with Crippen LogP contribution < -0.4 is 0 Å². The summed E-state index contributed by atoms with van der Waals surface area (Å²) in [4.78, 5) is 13.5. The Morgan fingerprint density at radius 1 is 0.943 bits per heavy atom. The Balaban J connectivity index is 1.34. The number of benzene rings is 2. The Labute approximate surface area is 211 Å². The van der Waals surface area contributed by atoms with E-state index in [9.17, 15) is 4.79 Å². The smallest absolute Gasteiger partial charge is 0.303 e. The molecule has 2 aromatic carbocycles. The normalized spacial score (nSPS) is 23.2. The zero-order chi connectivity index (χ0) is 24.5. The highest BCUT2D eigenvalue weighted by atomic mass is 16.5. The zero-order valence-corrected chi connectivity index (χ0v) is 21.2. The molecule has 0 unspecified atom stereocenters. The maximum Gasteiger partial charge on any atom is 0.303 e. The lowest BCUT2D eigenvalue weighted by Gasteiger charge is -2.37. The van der Waals surface area contributed by atoms with Gasteiger partial charge in [0.2, 0.25) is 0 Å². The highest BCUT2D eigenvalue weighted by Crippen LogP contribution is 2.37. The number of carboxylic acid groups (broad SMARTS) is 1. The first kappa shape index (κ1) is 25.7. The van der Waals surface area contributed by atoms with Crippen LogP contribution in [0.1, 0.15) is 68.9 Å². The molecule has 4 heteroatoms. The third-order valence-corrected chi connectivity index (χ3v) is 7.74. The molecule has 3 atom stereocenters. The predicted molar refractivity (Wildman–Crippen MR) is 142 cm³/mol. The van der Waals surface area contributed by atoms with Crippen molar-refractivity contribution in [3.63, 3.8) is 0 Å². The second-order valence-corrected chi connectivity index (χ2v) is 10.3. The lowest BCUT2D eigenvalue weighted by Crippen LogP contribution is -2.43. The topological polar surface area (TPSA) is 49.8 Å². The fourth-order valence-electron chi connectivity index (χ4n) is 5.77. The van der Waals surface area contributed by atoms with Crippen LogP contribution in [-0.4, -0.2) is 41.2 Å². The van der Waals surface area contributed by atoms with Crippen LogP contribution in [0.2, 0.25) is 0 Å². The molecule has 4 rings (SSSR count). The number of nitrogens with zero attached hydrogens (tertiary/aromatic N) is 1. The van der Waals surface area contributed by atoms with Gasteiger partial charge in [0.1, 0.15) is 0 Å². The van der Waals surface area contributed by atoms with Crippen molar-refractivity contribution in [2.45, 2.75) is 83.5 Å². The highest BCUT2D eigenvalue weighted by molar-refractivity contribution is 5.66. The van der Waals surface area contributed by atoms with Crippen molar-refractivity contribution in [3.8, 4) is 11.1 Å². The molecule has 0 radical (unpaired) electrons. The molecule has 35 heavy (non-hydrogen) atoms. The van der Waals surface area contributed by atoms with Gasteiger partial charge in [0.15, 0.2) is 0 Å². The minimum absolute atomic E-state index is 0.213. The van der Waals surface area contributed by atoms with E-state index < -0.39 is 5.97 Å². The largest absolute Gasteiger partial charge is 0.481 e. The maximum absolute atomic E-state index is 10.7. The number of likely N-dealkylation sites (tertiary alicyclic amines) is 1. The molecule has 1 heterocycles. The molecule has 1 saturated heterocycles. The van der Waals surface area contributed by atoms with Gasteiger partial charge in [-0.2, -0.15) is 0 Å². The minimum Gasteiger partial charge on any atom is -0.481 e. The molecule has 0 aromatic heterocycles. The molecule has 2 aliphatic rings. The van der Waals surface area contributed by atoms with Gasteiger partial charge in [0.05, 0.1) is 12.7 Å². The van der Waals surface area contributed by atoms with Crippen molar-refractivity contribution in [2.24, 2.45) is 5.92 Å². The summed E-state index contributed by atoms with van der Waals surface area (Å²) < 4.78 is 6.57. The lowest BCUT2D eigenvalue weighted by molar-refractivity contribution is -0.136. The predicted octanol–water partition coefficient (Wildman–Crippen LogP) is 7.01. The standard InChI is InChI=1S/C31H41NO3/c1-24-11-15-26(16-12-24)27-17-13-25(14-18-27)23-35-30-20-19-29(32-21-7-4-8-22-32)28(30)9-5-2-3-6-10-31(33)34/h2-3,11-18,28-30H,4-10,19-23H2,1H3,(H,33,34)/t28-,29+,30+/m1/s1. The summed E-state index contributed by atoms with van der Waals surface area (Å²) in [6.45, 7) is 5.23. The quantitative estimate of drug-likeness (QED) is 0.355. The summed E-state index contributed by atoms with van der Waals surface area (Å²) in [5.41, 5.74) is 5.00. The number of aliphatic carboxylic acids is 1. The molecular formula is C31H41NO3. The van der Waals surface area contributed by atoms with Crippen LogP contribution in [0.15, 0.2) is 60.7 Å². The van der Waals surface area contributed by atoms with Crippen LogP contribution >= 0.6 is 0 Å². The molecule has 1 N–H and O–H groups in total. The number of hydrogen-bond acceptors (Lipinski definition) is 3. The van der Waals surface area contributed by atoms with Crippen LogP contribution in [0, 0.1) is 12.8 Å². The van der Waals surface area contributed by atoms with Crippen molar-refractivity contribution < 1.29 is 14.6 Å². The van der Waals surface area contributed by atoms with Crippen LogP contribution in [0.3, 0.4) is 0 Å². The average molecular weight is 476 g/mol. The number of carbonyl (C=O) groups is 1. The monoisotopic (exact) mass is 475 g/mol. The van der Waals surface area contributed by atoms with Crippen molar-refractivity contribution in [1.82, 2.24) is 4.90 Å². The number of aryl methyl sites for hydroxylation is 1. The van der Waals surface area contributed by atoms with Crippen LogP contribution in [0.4, 0.5) is 0 Å². The van der Waals surface area contributed by atoms with Gasteiger partial charge < -0.3 is 14.7 Å². The van der Waals surface area contributed by atoms with Gasteiger partial charge >= 0.3 is 5.97 Å². The Morgan fingerprint density at radius 3 is 2.29 bits per heavy atom. The molecule has 188 valence electrons. The summed E-state index contributed by atoms with van der Waals surface area (Å²) in [7, 11) is 0. The van der Waals surface area contributed by atoms with Gasteiger partial charge in [-0.25, -0.2) is 0 Å². The van der Waals surface area contributed by atoms with Crippen molar-refractivity contribution >= 4 is 5.97 Å². The summed E-state index contributed by atoms with van der Waals surface area (Å²) in [6, 6.07) is 18.1. The Morgan fingerprint density at radius 2 is 1.60 bits per heavy atom. The lowest BCUT2D eigenvalue weighted by atomic mass is 9.93. The molecule has 4 nitrogen and oxygen atoms in total. The molecule has 0 spiro atoms. The number of carboxylic acids is 1. The van der Waals surface area contributed by atoms with E-state index in [0.717, 1.165) is 19.3 Å². The zero-order valence-electron chi connectivity index (χ0n) is 21.2. The van der Waals surface area contributed by atoms with E-state index in [2.05, 4.69) is 66.4 Å². The fraction of sp³-hybridized carbons (Fsp3) is 0.516. The van der Waals surface area contributed by atoms with E-state index in [-0.39, 0.29) is 6.42 Å². The first-order valence-corrected chi connectivity index (χ1v) is 13.5. The van der Waals surface area contributed by atoms with Gasteiger partial charge in [0.25, 0.3) is 0 Å². The van der Waals surface area contributed by atoms with Crippen LogP contribution in [0.5, 0.6) is 0 Å². The van der Waals surface area contributed by atoms with Crippen LogP contribution in [0.25, 0.3) is 11.1 Å². The first-order valence-electron chi connectivity index (χ1n) is 13.5. The van der Waals surface area contributed by atoms with Gasteiger partial charge in [-0.15, -0.1) is 0 Å². The summed E-state index contributed by atoms with van der Waals surface area (Å²) in [5.74, 6) is -0.181. The second kappa shape index (κ2) is 13.0. The van der Waals surface area contributed by atoms with E-state index >= 15 is 0 Å². The van der Waals surface area contributed by atoms with E-state index in [0.29, 0.717) is 31.1 Å². The third kappa shape index (κ3) is 7.52. The summed E-state index contributed by atoms with van der Waals surface area (Å²) >= 11 is 0. The summed E-state index contributed by atoms with van der Waals surface area (Å²) in [5, 5.41) is 8.84. The van der Waals surface area contributed by atoms with Gasteiger partial charge in [0, 0.05) is 18.4 Å². The van der Waals surface area contributed by atoms with Crippen molar-refractivity contribution in [3.05, 3.63) is 71.8 Å². The highest BCUT2D eigenvalue weighted by Gasteiger charge is 2.39. The number of piperidine rings is 1. The number of rotatable bonds is 11. The van der Waals surface area contributed by atoms with Crippen molar-refractivity contribution in [1.29, 1.82) is 0 Å². The number of hydrogen-bond donors (Lipinski definition) is 1. The molecule has 0 amide bonds. The molecule has 0 bridgehead atoms. The Hall–Kier alpha value is -2.43. The van der Waals surface area contributed by atoms with Gasteiger partial charge in [-0.1, -0.05) is 72.7 Å². The second-order valence-electron chi connectivity index (χ2n) is 10.3. The third-order valence-electron chi connectivity index (χ3n) is 7.74. The fourth-order valence-corrected chi connectivity index (χ4v) is 5.77. The molecule has 1 saturated carbocycles. The van der Waals surface area contributed by atoms with Gasteiger partial charge in [-0.05, 0) is 81.6 Å². The number of ether oxygens (including phenoxy) is 1. The minimum atomic E-state index is -0.726. The molecule has 1 aliphatic heterocycles. The van der Waals surface area contributed by atoms with Crippen LogP contribution in [-0.2, 0) is 16.1 Å². The van der Waals surface area contributed by atoms with E-state index in [4.69, 9.17) is 9.84 Å². The first-order chi connectivity index (χ1) is 17.1. The maximum atomic E-state index is 10.7. The molecule has 1 aliphatic carbocycles. The van der Waals surface area contributed by atoms with Crippen molar-refractivity contribution in [2.75, 3.05) is 13.1 Å². The summed E-state index contributed by atoms with van der Waals surface area (Å²) in [6.07, 6.45) is 13.8. The van der Waals surface area contributed by atoms with Gasteiger partial charge in [-0.3, -0.25) is 4.79 Å². The molecule has 2 aromatic rings. The average Bonchev–Trinajstić information content (AvgIpc) is 3.28. The molecule has 2 fully saturated rings.